The second-order valence-corrected chi connectivity index (χ2v) is 7.03. The number of nitrogens with zero attached hydrogens (tertiary/aromatic N) is 1. The summed E-state index contributed by atoms with van der Waals surface area (Å²) in [6.45, 7) is 0. The maximum absolute atomic E-state index is 12.1. The number of hydrogen-bond acceptors (Lipinski definition) is 3. The Kier molecular flexibility index (Phi) is 3.64. The maximum Gasteiger partial charge on any atom is 0.261 e. The van der Waals surface area contributed by atoms with Crippen molar-refractivity contribution in [2.75, 3.05) is 7.05 Å². The number of amides is 1. The Hall–Kier alpha value is -1.07. The van der Waals surface area contributed by atoms with Crippen LogP contribution in [0, 0.1) is 0 Å². The van der Waals surface area contributed by atoms with Crippen LogP contribution in [0.2, 0.25) is 0 Å². The van der Waals surface area contributed by atoms with Gasteiger partial charge in [-0.3, -0.25) is 4.79 Å². The number of carbonyl (C=O) groups is 1. The third-order valence-electron chi connectivity index (χ3n) is 3.33. The van der Waals surface area contributed by atoms with Crippen molar-refractivity contribution in [2.45, 2.75) is 30.2 Å². The number of carbonyl (C=O) groups excluding carboxylic acids is 1. The molecule has 1 fully saturated rings. The maximum atomic E-state index is 12.1. The highest BCUT2D eigenvalue weighted by atomic mass is 35.7. The Labute approximate surface area is 111 Å². The molecule has 1 aliphatic rings. The third-order valence-corrected chi connectivity index (χ3v) is 4.70. The zero-order chi connectivity index (χ0) is 13.3. The molecule has 1 aromatic carbocycles. The molecule has 1 aliphatic carbocycles. The van der Waals surface area contributed by atoms with Crippen LogP contribution in [0.5, 0.6) is 0 Å². The highest BCUT2D eigenvalue weighted by molar-refractivity contribution is 8.13. The van der Waals surface area contributed by atoms with Crippen molar-refractivity contribution in [2.24, 2.45) is 0 Å². The van der Waals surface area contributed by atoms with Crippen LogP contribution in [-0.2, 0) is 9.05 Å². The second kappa shape index (κ2) is 4.90. The lowest BCUT2D eigenvalue weighted by atomic mass is 9.91. The molecule has 0 radical (unpaired) electrons. The molecule has 0 N–H and O–H groups in total. The molecule has 18 heavy (non-hydrogen) atoms. The molecule has 0 heterocycles. The van der Waals surface area contributed by atoms with Gasteiger partial charge in [-0.1, -0.05) is 0 Å². The minimum Gasteiger partial charge on any atom is -0.339 e. The Balaban J connectivity index is 2.16. The molecule has 1 saturated carbocycles. The van der Waals surface area contributed by atoms with Gasteiger partial charge in [-0.25, -0.2) is 8.42 Å². The summed E-state index contributed by atoms with van der Waals surface area (Å²) in [5.41, 5.74) is 0.480. The summed E-state index contributed by atoms with van der Waals surface area (Å²) in [4.78, 5) is 13.8. The Bertz CT molecular complexity index is 549. The molecule has 0 aromatic heterocycles. The summed E-state index contributed by atoms with van der Waals surface area (Å²) >= 11 is 0. The van der Waals surface area contributed by atoms with Crippen LogP contribution in [0.4, 0.5) is 0 Å². The van der Waals surface area contributed by atoms with Gasteiger partial charge in [0.05, 0.1) is 4.90 Å². The monoisotopic (exact) mass is 287 g/mol. The van der Waals surface area contributed by atoms with E-state index in [1.54, 1.807) is 11.9 Å². The smallest absolute Gasteiger partial charge is 0.261 e. The number of rotatable bonds is 3. The summed E-state index contributed by atoms with van der Waals surface area (Å²) < 4.78 is 22.2. The zero-order valence-electron chi connectivity index (χ0n) is 9.97. The van der Waals surface area contributed by atoms with Gasteiger partial charge in [0.15, 0.2) is 0 Å². The summed E-state index contributed by atoms with van der Waals surface area (Å²) in [5.74, 6) is -0.0850. The van der Waals surface area contributed by atoms with Gasteiger partial charge in [0, 0.05) is 29.3 Å². The molecule has 0 unspecified atom stereocenters. The second-order valence-electron chi connectivity index (χ2n) is 4.46. The van der Waals surface area contributed by atoms with Gasteiger partial charge in [0.25, 0.3) is 15.0 Å². The third kappa shape index (κ3) is 2.67. The van der Waals surface area contributed by atoms with Crippen LogP contribution in [-0.4, -0.2) is 32.3 Å². The van der Waals surface area contributed by atoms with Crippen LogP contribution in [0.3, 0.4) is 0 Å². The van der Waals surface area contributed by atoms with Crippen LogP contribution in [0.1, 0.15) is 29.6 Å². The molecule has 1 amide bonds. The predicted molar refractivity (Wildman–Crippen MR) is 69.2 cm³/mol. The fourth-order valence-corrected chi connectivity index (χ4v) is 2.67. The topological polar surface area (TPSA) is 54.5 Å². The van der Waals surface area contributed by atoms with E-state index in [2.05, 4.69) is 0 Å². The van der Waals surface area contributed by atoms with Crippen molar-refractivity contribution in [3.05, 3.63) is 29.8 Å². The van der Waals surface area contributed by atoms with Crippen molar-refractivity contribution in [1.29, 1.82) is 0 Å². The minimum atomic E-state index is -3.73. The van der Waals surface area contributed by atoms with E-state index in [4.69, 9.17) is 10.7 Å². The number of hydrogen-bond donors (Lipinski definition) is 0. The van der Waals surface area contributed by atoms with Gasteiger partial charge in [0.1, 0.15) is 0 Å². The summed E-state index contributed by atoms with van der Waals surface area (Å²) in [5, 5.41) is 0. The van der Waals surface area contributed by atoms with E-state index in [9.17, 15) is 13.2 Å². The van der Waals surface area contributed by atoms with Crippen LogP contribution in [0.15, 0.2) is 29.2 Å². The van der Waals surface area contributed by atoms with E-state index in [0.29, 0.717) is 11.6 Å². The van der Waals surface area contributed by atoms with Gasteiger partial charge >= 0.3 is 0 Å². The highest BCUT2D eigenvalue weighted by Crippen LogP contribution is 2.25. The van der Waals surface area contributed by atoms with E-state index >= 15 is 0 Å². The normalized spacial score (nSPS) is 16.1. The van der Waals surface area contributed by atoms with E-state index in [1.807, 2.05) is 0 Å². The SMILES string of the molecule is CN(C(=O)c1ccc(S(=O)(=O)Cl)cc1)C1CCC1. The van der Waals surface area contributed by atoms with Gasteiger partial charge in [-0.2, -0.15) is 0 Å². The molecular weight excluding hydrogens is 274 g/mol. The molecule has 2 rings (SSSR count). The van der Waals surface area contributed by atoms with Gasteiger partial charge in [-0.05, 0) is 43.5 Å². The fraction of sp³-hybridized carbons (Fsp3) is 0.417. The summed E-state index contributed by atoms with van der Waals surface area (Å²) in [6.07, 6.45) is 3.23. The molecule has 4 nitrogen and oxygen atoms in total. The first-order chi connectivity index (χ1) is 8.39. The molecule has 0 atom stereocenters. The molecule has 0 spiro atoms. The van der Waals surface area contributed by atoms with E-state index in [-0.39, 0.29) is 10.8 Å². The molecule has 6 heteroatoms. The molecule has 0 bridgehead atoms. The van der Waals surface area contributed by atoms with Crippen molar-refractivity contribution in [3.63, 3.8) is 0 Å². The standard InChI is InChI=1S/C12H14ClNO3S/c1-14(10-3-2-4-10)12(15)9-5-7-11(8-6-9)18(13,16)17/h5-8,10H,2-4H2,1H3. The largest absolute Gasteiger partial charge is 0.339 e. The summed E-state index contributed by atoms with van der Waals surface area (Å²) in [6, 6.07) is 6.00. The van der Waals surface area contributed by atoms with Crippen molar-refractivity contribution >= 4 is 25.6 Å². The van der Waals surface area contributed by atoms with E-state index in [1.165, 1.54) is 24.3 Å². The average molecular weight is 288 g/mol. The lowest BCUT2D eigenvalue weighted by Crippen LogP contribution is -2.41. The predicted octanol–water partition coefficient (Wildman–Crippen LogP) is 2.24. The first kappa shape index (κ1) is 13.4. The summed E-state index contributed by atoms with van der Waals surface area (Å²) in [7, 11) is 3.26. The Morgan fingerprint density at radius 2 is 1.83 bits per heavy atom. The van der Waals surface area contributed by atoms with Crippen molar-refractivity contribution < 1.29 is 13.2 Å². The van der Waals surface area contributed by atoms with Crippen molar-refractivity contribution in [3.8, 4) is 0 Å². The van der Waals surface area contributed by atoms with Crippen LogP contribution < -0.4 is 0 Å². The molecule has 0 aliphatic heterocycles. The molecular formula is C12H14ClNO3S. The first-order valence-corrected chi connectivity index (χ1v) is 8.02. The Morgan fingerprint density at radius 3 is 2.22 bits per heavy atom. The quantitative estimate of drug-likeness (QED) is 0.801. The Morgan fingerprint density at radius 1 is 1.28 bits per heavy atom. The zero-order valence-corrected chi connectivity index (χ0v) is 11.5. The lowest BCUT2D eigenvalue weighted by molar-refractivity contribution is 0.0652. The van der Waals surface area contributed by atoms with Crippen LogP contribution >= 0.6 is 10.7 Å². The fourth-order valence-electron chi connectivity index (χ4n) is 1.90. The molecule has 98 valence electrons. The van der Waals surface area contributed by atoms with Gasteiger partial charge in [0.2, 0.25) is 0 Å². The van der Waals surface area contributed by atoms with Gasteiger partial charge < -0.3 is 4.90 Å². The van der Waals surface area contributed by atoms with E-state index < -0.39 is 9.05 Å². The number of halogens is 1. The average Bonchev–Trinajstić information content (AvgIpc) is 2.24. The first-order valence-electron chi connectivity index (χ1n) is 5.71. The molecule has 0 saturated heterocycles. The van der Waals surface area contributed by atoms with Gasteiger partial charge in [-0.15, -0.1) is 0 Å². The highest BCUT2D eigenvalue weighted by Gasteiger charge is 2.26. The van der Waals surface area contributed by atoms with Crippen LogP contribution in [0.25, 0.3) is 0 Å². The number of benzene rings is 1. The lowest BCUT2D eigenvalue weighted by Gasteiger charge is -2.34. The minimum absolute atomic E-state index is 0.00649. The molecule has 1 aromatic rings. The van der Waals surface area contributed by atoms with Crippen molar-refractivity contribution in [1.82, 2.24) is 4.90 Å². The van der Waals surface area contributed by atoms with E-state index in [0.717, 1.165) is 19.3 Å².